The molecule has 7 heteroatoms. The van der Waals surface area contributed by atoms with Gasteiger partial charge >= 0.3 is 0 Å². The maximum Gasteiger partial charge on any atom is 0.261 e. The van der Waals surface area contributed by atoms with Crippen LogP contribution in [0.1, 0.15) is 25.8 Å². The summed E-state index contributed by atoms with van der Waals surface area (Å²) >= 11 is 12.0. The molecule has 0 aliphatic carbocycles. The largest absolute Gasteiger partial charge is 0.482 e. The highest BCUT2D eigenvalue weighted by Gasteiger charge is 2.28. The van der Waals surface area contributed by atoms with Crippen molar-refractivity contribution in [2.75, 3.05) is 19.7 Å². The first kappa shape index (κ1) is 23.0. The molecule has 0 unspecified atom stereocenters. The summed E-state index contributed by atoms with van der Waals surface area (Å²) in [5, 5.41) is 3.63. The van der Waals surface area contributed by atoms with Gasteiger partial charge in [-0.2, -0.15) is 0 Å². The number of carbonyl (C=O) groups is 2. The number of carbonyl (C=O) groups excluding carboxylic acids is 2. The molecule has 1 N–H and O–H groups in total. The van der Waals surface area contributed by atoms with E-state index in [9.17, 15) is 9.59 Å². The van der Waals surface area contributed by atoms with Gasteiger partial charge in [0, 0.05) is 18.1 Å². The number of halogens is 2. The van der Waals surface area contributed by atoms with Crippen molar-refractivity contribution < 1.29 is 14.3 Å². The molecule has 0 spiro atoms. The highest BCUT2D eigenvalue weighted by Crippen LogP contribution is 2.27. The highest BCUT2D eigenvalue weighted by molar-refractivity contribution is 6.35. The maximum atomic E-state index is 13.0. The Morgan fingerprint density at radius 3 is 2.45 bits per heavy atom. The van der Waals surface area contributed by atoms with Crippen LogP contribution in [0.4, 0.5) is 0 Å². The molecule has 0 aliphatic rings. The molecule has 0 heterocycles. The third kappa shape index (κ3) is 6.94. The molecular formula is C22H26Cl2N2O3. The summed E-state index contributed by atoms with van der Waals surface area (Å²) in [6.07, 6.45) is 1.15. The molecule has 2 rings (SSSR count). The number of ether oxygens (including phenoxy) is 1. The van der Waals surface area contributed by atoms with Crippen LogP contribution in [-0.4, -0.2) is 42.5 Å². The van der Waals surface area contributed by atoms with E-state index in [4.69, 9.17) is 27.9 Å². The SMILES string of the molecule is CCNC(=O)[C@@H](CC)N(CCc1ccccc1)C(=O)COc1ccc(Cl)cc1Cl. The molecule has 5 nitrogen and oxygen atoms in total. The average Bonchev–Trinajstić information content (AvgIpc) is 2.71. The van der Waals surface area contributed by atoms with Gasteiger partial charge in [0.15, 0.2) is 6.61 Å². The van der Waals surface area contributed by atoms with Gasteiger partial charge in [0.25, 0.3) is 5.91 Å². The Morgan fingerprint density at radius 1 is 1.10 bits per heavy atom. The van der Waals surface area contributed by atoms with Crippen LogP contribution in [0.15, 0.2) is 48.5 Å². The van der Waals surface area contributed by atoms with Crippen LogP contribution in [0, 0.1) is 0 Å². The third-order valence-corrected chi connectivity index (χ3v) is 5.00. The molecular weight excluding hydrogens is 411 g/mol. The molecule has 156 valence electrons. The second-order valence-corrected chi connectivity index (χ2v) is 7.35. The molecule has 0 saturated carbocycles. The van der Waals surface area contributed by atoms with Gasteiger partial charge in [-0.1, -0.05) is 60.5 Å². The zero-order valence-electron chi connectivity index (χ0n) is 16.7. The van der Waals surface area contributed by atoms with Gasteiger partial charge in [-0.05, 0) is 43.5 Å². The second kappa shape index (κ2) is 11.7. The molecule has 2 amide bonds. The average molecular weight is 437 g/mol. The molecule has 0 radical (unpaired) electrons. The number of nitrogens with zero attached hydrogens (tertiary/aromatic N) is 1. The first-order chi connectivity index (χ1) is 14.0. The lowest BCUT2D eigenvalue weighted by molar-refractivity contribution is -0.142. The van der Waals surface area contributed by atoms with Crippen LogP contribution in [0.2, 0.25) is 10.0 Å². The summed E-state index contributed by atoms with van der Waals surface area (Å²) < 4.78 is 5.61. The van der Waals surface area contributed by atoms with Crippen LogP contribution < -0.4 is 10.1 Å². The number of hydrogen-bond donors (Lipinski definition) is 1. The molecule has 0 bridgehead atoms. The molecule has 0 fully saturated rings. The zero-order valence-corrected chi connectivity index (χ0v) is 18.2. The van der Waals surface area contributed by atoms with Gasteiger partial charge in [-0.3, -0.25) is 9.59 Å². The standard InChI is InChI=1S/C22H26Cl2N2O3/c1-3-19(22(28)25-4-2)26(13-12-16-8-6-5-7-9-16)21(27)15-29-20-11-10-17(23)14-18(20)24/h5-11,14,19H,3-4,12-13,15H2,1-2H3,(H,25,28)/t19-/m1/s1. The monoisotopic (exact) mass is 436 g/mol. The lowest BCUT2D eigenvalue weighted by Crippen LogP contribution is -2.51. The molecule has 1 atom stereocenters. The van der Waals surface area contributed by atoms with Crippen molar-refractivity contribution in [3.05, 3.63) is 64.1 Å². The summed E-state index contributed by atoms with van der Waals surface area (Å²) in [6.45, 7) is 4.45. The minimum atomic E-state index is -0.560. The quantitative estimate of drug-likeness (QED) is 0.601. The van der Waals surface area contributed by atoms with Gasteiger partial charge < -0.3 is 15.0 Å². The van der Waals surface area contributed by atoms with E-state index >= 15 is 0 Å². The Bertz CT molecular complexity index is 815. The summed E-state index contributed by atoms with van der Waals surface area (Å²) in [7, 11) is 0. The van der Waals surface area contributed by atoms with Crippen molar-refractivity contribution in [2.24, 2.45) is 0 Å². The van der Waals surface area contributed by atoms with Gasteiger partial charge in [0.2, 0.25) is 5.91 Å². The lowest BCUT2D eigenvalue weighted by atomic mass is 10.1. The Balaban J connectivity index is 2.12. The van der Waals surface area contributed by atoms with Gasteiger partial charge in [0.05, 0.1) is 5.02 Å². The van der Waals surface area contributed by atoms with E-state index in [0.29, 0.717) is 41.7 Å². The number of likely N-dealkylation sites (N-methyl/N-ethyl adjacent to an activating group) is 1. The Labute approximate surface area is 181 Å². The summed E-state index contributed by atoms with van der Waals surface area (Å²) in [6, 6.07) is 14.1. The van der Waals surface area contributed by atoms with E-state index in [1.165, 1.54) is 0 Å². The summed E-state index contributed by atoms with van der Waals surface area (Å²) in [4.78, 5) is 27.1. The number of rotatable bonds is 10. The predicted octanol–water partition coefficient (Wildman–Crippen LogP) is 4.36. The van der Waals surface area contributed by atoms with Crippen molar-refractivity contribution in [3.8, 4) is 5.75 Å². The van der Waals surface area contributed by atoms with Crippen molar-refractivity contribution in [1.29, 1.82) is 0 Å². The van der Waals surface area contributed by atoms with Gasteiger partial charge in [-0.15, -0.1) is 0 Å². The van der Waals surface area contributed by atoms with E-state index in [1.54, 1.807) is 23.1 Å². The number of benzene rings is 2. The van der Waals surface area contributed by atoms with Gasteiger partial charge in [0.1, 0.15) is 11.8 Å². The van der Waals surface area contributed by atoms with Crippen LogP contribution in [-0.2, 0) is 16.0 Å². The molecule has 2 aromatic carbocycles. The van der Waals surface area contributed by atoms with E-state index in [2.05, 4.69) is 5.32 Å². The van der Waals surface area contributed by atoms with Crippen molar-refractivity contribution in [3.63, 3.8) is 0 Å². The Hall–Kier alpha value is -2.24. The van der Waals surface area contributed by atoms with Crippen molar-refractivity contribution >= 4 is 35.0 Å². The fraction of sp³-hybridized carbons (Fsp3) is 0.364. The second-order valence-electron chi connectivity index (χ2n) is 6.50. The van der Waals surface area contributed by atoms with E-state index in [1.807, 2.05) is 44.2 Å². The fourth-order valence-electron chi connectivity index (χ4n) is 3.00. The molecule has 0 saturated heterocycles. The summed E-state index contributed by atoms with van der Waals surface area (Å²) in [5.41, 5.74) is 1.10. The van der Waals surface area contributed by atoms with Crippen LogP contribution in [0.25, 0.3) is 0 Å². The number of hydrogen-bond acceptors (Lipinski definition) is 3. The van der Waals surface area contributed by atoms with Crippen LogP contribution in [0.5, 0.6) is 5.75 Å². The van der Waals surface area contributed by atoms with E-state index in [0.717, 1.165) is 5.56 Å². The minimum absolute atomic E-state index is 0.166. The minimum Gasteiger partial charge on any atom is -0.482 e. The lowest BCUT2D eigenvalue weighted by Gasteiger charge is -2.30. The highest BCUT2D eigenvalue weighted by atomic mass is 35.5. The van der Waals surface area contributed by atoms with E-state index < -0.39 is 6.04 Å². The number of nitrogens with one attached hydrogen (secondary N) is 1. The summed E-state index contributed by atoms with van der Waals surface area (Å²) in [5.74, 6) is -0.0653. The van der Waals surface area contributed by atoms with Crippen molar-refractivity contribution in [2.45, 2.75) is 32.7 Å². The normalized spacial score (nSPS) is 11.6. The Morgan fingerprint density at radius 2 is 1.83 bits per heavy atom. The smallest absolute Gasteiger partial charge is 0.261 e. The Kier molecular flexibility index (Phi) is 9.29. The third-order valence-electron chi connectivity index (χ3n) is 4.47. The van der Waals surface area contributed by atoms with Crippen LogP contribution >= 0.6 is 23.2 Å². The topological polar surface area (TPSA) is 58.6 Å². The van der Waals surface area contributed by atoms with Gasteiger partial charge in [-0.25, -0.2) is 0 Å². The fourth-order valence-corrected chi connectivity index (χ4v) is 3.47. The zero-order chi connectivity index (χ0) is 21.2. The number of amides is 2. The van der Waals surface area contributed by atoms with E-state index in [-0.39, 0.29) is 18.4 Å². The molecule has 0 aromatic heterocycles. The molecule has 2 aromatic rings. The molecule has 0 aliphatic heterocycles. The first-order valence-corrected chi connectivity index (χ1v) is 10.4. The van der Waals surface area contributed by atoms with Crippen molar-refractivity contribution in [1.82, 2.24) is 10.2 Å². The first-order valence-electron chi connectivity index (χ1n) is 9.65. The molecule has 29 heavy (non-hydrogen) atoms. The predicted molar refractivity (Wildman–Crippen MR) is 117 cm³/mol. The van der Waals surface area contributed by atoms with Crippen LogP contribution in [0.3, 0.4) is 0 Å². The maximum absolute atomic E-state index is 13.0.